The number of benzene rings is 2. The van der Waals surface area contributed by atoms with Crippen LogP contribution in [0, 0.1) is 10.1 Å². The number of aromatic nitrogens is 1. The number of esters is 2. The Kier molecular flexibility index (Phi) is 6.29. The fraction of sp³-hybridized carbons (Fsp3) is 0.190. The summed E-state index contributed by atoms with van der Waals surface area (Å²) >= 11 is 0. The van der Waals surface area contributed by atoms with E-state index in [1.807, 2.05) is 24.3 Å². The number of non-ortho nitro benzene ring substituents is 1. The first-order valence-electron chi connectivity index (χ1n) is 9.15. The van der Waals surface area contributed by atoms with Gasteiger partial charge in [0.25, 0.3) is 11.6 Å². The van der Waals surface area contributed by atoms with E-state index in [2.05, 4.69) is 15.0 Å². The van der Waals surface area contributed by atoms with Crippen molar-refractivity contribution in [3.8, 4) is 0 Å². The predicted octanol–water partition coefficient (Wildman–Crippen LogP) is 2.38. The van der Waals surface area contributed by atoms with Gasteiger partial charge in [-0.15, -0.1) is 0 Å². The van der Waals surface area contributed by atoms with Crippen molar-refractivity contribution >= 4 is 34.4 Å². The van der Waals surface area contributed by atoms with Crippen LogP contribution in [0.15, 0.2) is 48.7 Å². The van der Waals surface area contributed by atoms with E-state index < -0.39 is 34.5 Å². The number of para-hydroxylation sites is 1. The normalized spacial score (nSPS) is 11.5. The van der Waals surface area contributed by atoms with Gasteiger partial charge in [0.2, 0.25) is 0 Å². The van der Waals surface area contributed by atoms with E-state index in [0.29, 0.717) is 0 Å². The van der Waals surface area contributed by atoms with Crippen LogP contribution in [0.3, 0.4) is 0 Å². The molecule has 0 radical (unpaired) electrons. The van der Waals surface area contributed by atoms with Gasteiger partial charge in [0, 0.05) is 41.2 Å². The monoisotopic (exact) mass is 425 g/mol. The first-order valence-corrected chi connectivity index (χ1v) is 9.15. The molecule has 10 nitrogen and oxygen atoms in total. The minimum atomic E-state index is -1.06. The Balaban J connectivity index is 1.90. The Hall–Kier alpha value is -4.21. The van der Waals surface area contributed by atoms with Gasteiger partial charge in [0.1, 0.15) is 6.04 Å². The summed E-state index contributed by atoms with van der Waals surface area (Å²) in [7, 11) is 2.31. The zero-order chi connectivity index (χ0) is 22.5. The van der Waals surface area contributed by atoms with Crippen molar-refractivity contribution in [1.82, 2.24) is 10.3 Å². The standard InChI is InChI=1S/C21H19N3O7/c1-30-20(26)13-7-12(8-15(9-13)24(28)29)19(25)23-18(21(27)31-2)10-14-11-22-17-6-4-3-5-16(14)17/h3-9,11,18,22H,10H2,1-2H3,(H,23,25)/t18-/m1/s1. The highest BCUT2D eigenvalue weighted by Gasteiger charge is 2.25. The molecule has 0 bridgehead atoms. The van der Waals surface area contributed by atoms with Crippen LogP contribution in [-0.4, -0.2) is 48.0 Å². The van der Waals surface area contributed by atoms with Crippen molar-refractivity contribution in [2.45, 2.75) is 12.5 Å². The van der Waals surface area contributed by atoms with Crippen molar-refractivity contribution in [2.75, 3.05) is 14.2 Å². The van der Waals surface area contributed by atoms with E-state index in [1.54, 1.807) is 6.20 Å². The van der Waals surface area contributed by atoms with Gasteiger partial charge in [-0.2, -0.15) is 0 Å². The molecule has 1 aromatic heterocycles. The maximum absolute atomic E-state index is 12.8. The summed E-state index contributed by atoms with van der Waals surface area (Å²) in [6, 6.07) is 9.59. The van der Waals surface area contributed by atoms with Gasteiger partial charge in [-0.1, -0.05) is 18.2 Å². The highest BCUT2D eigenvalue weighted by atomic mass is 16.6. The number of carbonyl (C=O) groups is 3. The quantitative estimate of drug-likeness (QED) is 0.336. The molecule has 1 amide bonds. The molecule has 2 N–H and O–H groups in total. The zero-order valence-electron chi connectivity index (χ0n) is 16.7. The minimum absolute atomic E-state index is 0.126. The molecule has 3 aromatic rings. The summed E-state index contributed by atoms with van der Waals surface area (Å²) in [4.78, 5) is 50.5. The first kappa shape index (κ1) is 21.5. The minimum Gasteiger partial charge on any atom is -0.467 e. The second-order valence-electron chi connectivity index (χ2n) is 6.63. The number of nitro groups is 1. The largest absolute Gasteiger partial charge is 0.467 e. The van der Waals surface area contributed by atoms with Gasteiger partial charge in [-0.25, -0.2) is 9.59 Å². The zero-order valence-corrected chi connectivity index (χ0v) is 16.7. The SMILES string of the molecule is COC(=O)c1cc(C(=O)N[C@H](Cc2c[nH]c3ccccc23)C(=O)OC)cc([N+](=O)[O-])c1. The molecule has 1 atom stereocenters. The Bertz CT molecular complexity index is 1170. The van der Waals surface area contributed by atoms with E-state index in [9.17, 15) is 24.5 Å². The second kappa shape index (κ2) is 9.08. The average molecular weight is 425 g/mol. The molecule has 0 aliphatic carbocycles. The van der Waals surface area contributed by atoms with Crippen LogP contribution in [0.4, 0.5) is 5.69 Å². The highest BCUT2D eigenvalue weighted by Crippen LogP contribution is 2.21. The van der Waals surface area contributed by atoms with E-state index in [4.69, 9.17) is 4.74 Å². The molecule has 31 heavy (non-hydrogen) atoms. The number of nitrogens with one attached hydrogen (secondary N) is 2. The number of H-pyrrole nitrogens is 1. The van der Waals surface area contributed by atoms with Crippen LogP contribution in [0.1, 0.15) is 26.3 Å². The Morgan fingerprint density at radius 1 is 1.10 bits per heavy atom. The maximum Gasteiger partial charge on any atom is 0.338 e. The van der Waals surface area contributed by atoms with Gasteiger partial charge in [0.15, 0.2) is 0 Å². The number of methoxy groups -OCH3 is 2. The summed E-state index contributed by atoms with van der Waals surface area (Å²) in [5.74, 6) is -2.29. The van der Waals surface area contributed by atoms with E-state index in [0.717, 1.165) is 41.8 Å². The molecule has 0 aliphatic heterocycles. The van der Waals surface area contributed by atoms with Gasteiger partial charge in [0.05, 0.1) is 24.7 Å². The molecule has 160 valence electrons. The molecule has 0 saturated carbocycles. The molecule has 0 aliphatic rings. The molecule has 0 spiro atoms. The van der Waals surface area contributed by atoms with Gasteiger partial charge in [-0.3, -0.25) is 14.9 Å². The van der Waals surface area contributed by atoms with Crippen LogP contribution < -0.4 is 5.32 Å². The lowest BCUT2D eigenvalue weighted by atomic mass is 10.0. The lowest BCUT2D eigenvalue weighted by Crippen LogP contribution is -2.43. The Morgan fingerprint density at radius 2 is 1.81 bits per heavy atom. The van der Waals surface area contributed by atoms with Crippen LogP contribution in [-0.2, 0) is 20.7 Å². The predicted molar refractivity (Wildman–Crippen MR) is 110 cm³/mol. The van der Waals surface area contributed by atoms with Crippen LogP contribution >= 0.6 is 0 Å². The lowest BCUT2D eigenvalue weighted by Gasteiger charge is -2.16. The topological polar surface area (TPSA) is 141 Å². The maximum atomic E-state index is 12.8. The van der Waals surface area contributed by atoms with Crippen molar-refractivity contribution in [2.24, 2.45) is 0 Å². The molecule has 1 heterocycles. The van der Waals surface area contributed by atoms with Crippen molar-refractivity contribution in [3.05, 3.63) is 75.5 Å². The number of amides is 1. The van der Waals surface area contributed by atoms with Crippen LogP contribution in [0.25, 0.3) is 10.9 Å². The third kappa shape index (κ3) is 4.69. The molecular weight excluding hydrogens is 406 g/mol. The lowest BCUT2D eigenvalue weighted by molar-refractivity contribution is -0.384. The average Bonchev–Trinajstić information content (AvgIpc) is 3.19. The fourth-order valence-electron chi connectivity index (χ4n) is 3.18. The van der Waals surface area contributed by atoms with Crippen molar-refractivity contribution in [1.29, 1.82) is 0 Å². The van der Waals surface area contributed by atoms with E-state index in [-0.39, 0.29) is 17.5 Å². The molecule has 0 fully saturated rings. The Labute approximate surface area is 176 Å². The molecule has 0 saturated heterocycles. The fourth-order valence-corrected chi connectivity index (χ4v) is 3.18. The summed E-state index contributed by atoms with van der Waals surface area (Å²) in [6.45, 7) is 0. The second-order valence-corrected chi connectivity index (χ2v) is 6.63. The summed E-state index contributed by atoms with van der Waals surface area (Å²) < 4.78 is 9.39. The molecule has 0 unspecified atom stereocenters. The number of nitrogens with zero attached hydrogens (tertiary/aromatic N) is 1. The van der Waals surface area contributed by atoms with Gasteiger partial charge >= 0.3 is 11.9 Å². The van der Waals surface area contributed by atoms with Gasteiger partial charge < -0.3 is 19.8 Å². The summed E-state index contributed by atoms with van der Waals surface area (Å²) in [5.41, 5.74) is 0.865. The number of nitro benzene ring substituents is 1. The Morgan fingerprint density at radius 3 is 2.48 bits per heavy atom. The molecule has 10 heteroatoms. The molecule has 3 rings (SSSR count). The van der Waals surface area contributed by atoms with Crippen molar-refractivity contribution in [3.63, 3.8) is 0 Å². The van der Waals surface area contributed by atoms with Crippen molar-refractivity contribution < 1.29 is 28.8 Å². The third-order valence-corrected chi connectivity index (χ3v) is 4.70. The molecule has 2 aromatic carbocycles. The smallest absolute Gasteiger partial charge is 0.338 e. The number of aromatic amines is 1. The highest BCUT2D eigenvalue weighted by molar-refractivity contribution is 6.00. The van der Waals surface area contributed by atoms with E-state index >= 15 is 0 Å². The number of carbonyl (C=O) groups excluding carboxylic acids is 3. The van der Waals surface area contributed by atoms with E-state index in [1.165, 1.54) is 7.11 Å². The number of hydrogen-bond donors (Lipinski definition) is 2. The number of rotatable bonds is 7. The number of ether oxygens (including phenoxy) is 2. The van der Waals surface area contributed by atoms with Gasteiger partial charge in [-0.05, 0) is 17.7 Å². The van der Waals surface area contributed by atoms with Crippen LogP contribution in [0.2, 0.25) is 0 Å². The first-order chi connectivity index (χ1) is 14.8. The summed E-state index contributed by atoms with van der Waals surface area (Å²) in [6.07, 6.45) is 1.86. The third-order valence-electron chi connectivity index (χ3n) is 4.70. The number of hydrogen-bond acceptors (Lipinski definition) is 7. The summed E-state index contributed by atoms with van der Waals surface area (Å²) in [5, 5.41) is 14.6. The van der Waals surface area contributed by atoms with Crippen LogP contribution in [0.5, 0.6) is 0 Å². The molecular formula is C21H19N3O7. The number of fused-ring (bicyclic) bond motifs is 1.